The highest BCUT2D eigenvalue weighted by molar-refractivity contribution is 5.16. The van der Waals surface area contributed by atoms with Crippen molar-refractivity contribution in [1.29, 1.82) is 0 Å². The topological polar surface area (TPSA) is 31.7 Å². The summed E-state index contributed by atoms with van der Waals surface area (Å²) in [5, 5.41) is 3.37. The SMILES string of the molecule is CCNCc1ccoc1CN1CCC(CN(C)C)CC1. The van der Waals surface area contributed by atoms with Crippen LogP contribution in [0.1, 0.15) is 31.1 Å². The summed E-state index contributed by atoms with van der Waals surface area (Å²) in [6.45, 7) is 8.62. The van der Waals surface area contributed by atoms with Gasteiger partial charge in [0.05, 0.1) is 12.8 Å². The van der Waals surface area contributed by atoms with E-state index < -0.39 is 0 Å². The van der Waals surface area contributed by atoms with Gasteiger partial charge in [-0.1, -0.05) is 6.92 Å². The van der Waals surface area contributed by atoms with E-state index in [1.165, 1.54) is 38.0 Å². The van der Waals surface area contributed by atoms with Gasteiger partial charge in [0, 0.05) is 18.7 Å². The standard InChI is InChI=1S/C16H29N3O/c1-4-17-11-15-7-10-20-16(15)13-19-8-5-14(6-9-19)12-18(2)3/h7,10,14,17H,4-6,8-9,11-13H2,1-3H3. The van der Waals surface area contributed by atoms with Crippen molar-refractivity contribution < 1.29 is 4.42 Å². The summed E-state index contributed by atoms with van der Waals surface area (Å²) >= 11 is 0. The Morgan fingerprint density at radius 3 is 2.75 bits per heavy atom. The lowest BCUT2D eigenvalue weighted by atomic mass is 9.96. The third kappa shape index (κ3) is 4.62. The number of furan rings is 1. The van der Waals surface area contributed by atoms with Crippen molar-refractivity contribution in [2.45, 2.75) is 32.9 Å². The molecule has 0 spiro atoms. The van der Waals surface area contributed by atoms with Crippen LogP contribution in [0.5, 0.6) is 0 Å². The van der Waals surface area contributed by atoms with Gasteiger partial charge in [0.2, 0.25) is 0 Å². The molecule has 114 valence electrons. The molecule has 4 nitrogen and oxygen atoms in total. The molecule has 1 aromatic heterocycles. The van der Waals surface area contributed by atoms with Gasteiger partial charge in [0.1, 0.15) is 5.76 Å². The highest BCUT2D eigenvalue weighted by Gasteiger charge is 2.21. The second-order valence-corrected chi connectivity index (χ2v) is 6.13. The maximum Gasteiger partial charge on any atom is 0.122 e. The van der Waals surface area contributed by atoms with Gasteiger partial charge in [-0.2, -0.15) is 0 Å². The Morgan fingerprint density at radius 2 is 2.10 bits per heavy atom. The fraction of sp³-hybridized carbons (Fsp3) is 0.750. The zero-order chi connectivity index (χ0) is 14.4. The molecule has 1 N–H and O–H groups in total. The molecule has 1 saturated heterocycles. The molecule has 0 radical (unpaired) electrons. The zero-order valence-electron chi connectivity index (χ0n) is 13.2. The van der Waals surface area contributed by atoms with Crippen molar-refractivity contribution in [1.82, 2.24) is 15.1 Å². The van der Waals surface area contributed by atoms with Crippen LogP contribution in [-0.2, 0) is 13.1 Å². The number of piperidine rings is 1. The third-order valence-corrected chi connectivity index (χ3v) is 4.10. The normalized spacial score (nSPS) is 18.0. The summed E-state index contributed by atoms with van der Waals surface area (Å²) in [5.74, 6) is 2.00. The molecule has 0 bridgehead atoms. The van der Waals surface area contributed by atoms with Crippen molar-refractivity contribution in [3.8, 4) is 0 Å². The minimum absolute atomic E-state index is 0.860. The summed E-state index contributed by atoms with van der Waals surface area (Å²) < 4.78 is 5.67. The van der Waals surface area contributed by atoms with Gasteiger partial charge < -0.3 is 14.6 Å². The molecule has 20 heavy (non-hydrogen) atoms. The molecule has 0 aliphatic carbocycles. The van der Waals surface area contributed by atoms with E-state index in [2.05, 4.69) is 42.2 Å². The van der Waals surface area contributed by atoms with E-state index in [0.717, 1.165) is 31.3 Å². The van der Waals surface area contributed by atoms with Crippen LogP contribution < -0.4 is 5.32 Å². The molecule has 1 aliphatic heterocycles. The third-order valence-electron chi connectivity index (χ3n) is 4.10. The summed E-state index contributed by atoms with van der Waals surface area (Å²) in [6, 6.07) is 2.09. The van der Waals surface area contributed by atoms with Crippen LogP contribution in [0, 0.1) is 5.92 Å². The van der Waals surface area contributed by atoms with E-state index in [9.17, 15) is 0 Å². The van der Waals surface area contributed by atoms with Gasteiger partial charge in [-0.3, -0.25) is 4.90 Å². The molecule has 2 rings (SSSR count). The lowest BCUT2D eigenvalue weighted by molar-refractivity contribution is 0.148. The Labute approximate surface area is 123 Å². The number of nitrogens with one attached hydrogen (secondary N) is 1. The number of nitrogens with zero attached hydrogens (tertiary/aromatic N) is 2. The highest BCUT2D eigenvalue weighted by Crippen LogP contribution is 2.21. The summed E-state index contributed by atoms with van der Waals surface area (Å²) in [4.78, 5) is 4.84. The first-order valence-corrected chi connectivity index (χ1v) is 7.82. The van der Waals surface area contributed by atoms with Gasteiger partial charge in [0.25, 0.3) is 0 Å². The molecule has 0 amide bonds. The highest BCUT2D eigenvalue weighted by atomic mass is 16.3. The van der Waals surface area contributed by atoms with Crippen LogP contribution in [0.25, 0.3) is 0 Å². The van der Waals surface area contributed by atoms with Gasteiger partial charge in [-0.05, 0) is 58.6 Å². The first-order chi connectivity index (χ1) is 9.69. The lowest BCUT2D eigenvalue weighted by Gasteiger charge is -2.32. The van der Waals surface area contributed by atoms with E-state index >= 15 is 0 Å². The molecule has 1 aromatic rings. The van der Waals surface area contributed by atoms with Crippen molar-refractivity contribution in [3.63, 3.8) is 0 Å². The molecule has 0 saturated carbocycles. The Hall–Kier alpha value is -0.840. The Balaban J connectivity index is 1.79. The Bertz CT molecular complexity index is 381. The van der Waals surface area contributed by atoms with Crippen LogP contribution in [0.3, 0.4) is 0 Å². The van der Waals surface area contributed by atoms with Crippen LogP contribution >= 0.6 is 0 Å². The Kier molecular flexibility index (Phi) is 6.07. The fourth-order valence-electron chi connectivity index (χ4n) is 2.97. The minimum atomic E-state index is 0.860. The number of hydrogen-bond acceptors (Lipinski definition) is 4. The van der Waals surface area contributed by atoms with Gasteiger partial charge in [-0.25, -0.2) is 0 Å². The fourth-order valence-corrected chi connectivity index (χ4v) is 2.97. The van der Waals surface area contributed by atoms with Crippen LogP contribution in [-0.4, -0.2) is 50.1 Å². The number of hydrogen-bond donors (Lipinski definition) is 1. The monoisotopic (exact) mass is 279 g/mol. The molecule has 0 unspecified atom stereocenters. The Morgan fingerprint density at radius 1 is 1.35 bits per heavy atom. The first kappa shape index (κ1) is 15.5. The van der Waals surface area contributed by atoms with E-state index in [1.807, 2.05) is 6.26 Å². The predicted molar refractivity (Wildman–Crippen MR) is 82.6 cm³/mol. The number of rotatable bonds is 7. The predicted octanol–water partition coefficient (Wildman–Crippen LogP) is 2.16. The maximum atomic E-state index is 5.67. The summed E-state index contributed by atoms with van der Waals surface area (Å²) in [6.07, 6.45) is 4.43. The van der Waals surface area contributed by atoms with E-state index in [1.54, 1.807) is 0 Å². The second kappa shape index (κ2) is 7.81. The molecule has 4 heteroatoms. The van der Waals surface area contributed by atoms with Crippen LogP contribution in [0.2, 0.25) is 0 Å². The van der Waals surface area contributed by atoms with E-state index in [4.69, 9.17) is 4.42 Å². The molecule has 0 aromatic carbocycles. The molecule has 1 fully saturated rings. The van der Waals surface area contributed by atoms with Gasteiger partial charge >= 0.3 is 0 Å². The second-order valence-electron chi connectivity index (χ2n) is 6.13. The number of likely N-dealkylation sites (tertiary alicyclic amines) is 1. The van der Waals surface area contributed by atoms with Crippen molar-refractivity contribution in [2.75, 3.05) is 40.3 Å². The van der Waals surface area contributed by atoms with Crippen molar-refractivity contribution in [2.24, 2.45) is 5.92 Å². The smallest absolute Gasteiger partial charge is 0.122 e. The first-order valence-electron chi connectivity index (χ1n) is 7.82. The van der Waals surface area contributed by atoms with Crippen LogP contribution in [0.4, 0.5) is 0 Å². The average Bonchev–Trinajstić information content (AvgIpc) is 2.85. The van der Waals surface area contributed by atoms with Gasteiger partial charge in [-0.15, -0.1) is 0 Å². The molecular formula is C16H29N3O. The molecular weight excluding hydrogens is 250 g/mol. The summed E-state index contributed by atoms with van der Waals surface area (Å²) in [7, 11) is 4.34. The summed E-state index contributed by atoms with van der Waals surface area (Å²) in [5.41, 5.74) is 1.31. The van der Waals surface area contributed by atoms with Gasteiger partial charge in [0.15, 0.2) is 0 Å². The lowest BCUT2D eigenvalue weighted by Crippen LogP contribution is -2.36. The molecule has 2 heterocycles. The maximum absolute atomic E-state index is 5.67. The van der Waals surface area contributed by atoms with E-state index in [0.29, 0.717) is 0 Å². The average molecular weight is 279 g/mol. The zero-order valence-corrected chi connectivity index (χ0v) is 13.2. The molecule has 0 atom stereocenters. The molecule has 1 aliphatic rings. The van der Waals surface area contributed by atoms with Crippen molar-refractivity contribution in [3.05, 3.63) is 23.7 Å². The quantitative estimate of drug-likeness (QED) is 0.829. The van der Waals surface area contributed by atoms with Crippen LogP contribution in [0.15, 0.2) is 16.7 Å². The van der Waals surface area contributed by atoms with Crippen molar-refractivity contribution >= 4 is 0 Å². The van der Waals surface area contributed by atoms with E-state index in [-0.39, 0.29) is 0 Å². The minimum Gasteiger partial charge on any atom is -0.468 e. The largest absolute Gasteiger partial charge is 0.468 e.